The number of rotatable bonds is 3. The molecule has 0 bridgehead atoms. The van der Waals surface area contributed by atoms with Crippen molar-refractivity contribution in [3.8, 4) is 0 Å². The SMILES string of the molecule is Cc1noc(C)c1CNC(=O)c1cccc(F)c1Br. The maximum Gasteiger partial charge on any atom is 0.252 e. The highest BCUT2D eigenvalue weighted by atomic mass is 79.9. The number of nitrogens with zero attached hydrogens (tertiary/aromatic N) is 1. The Bertz CT molecular complexity index is 606. The van der Waals surface area contributed by atoms with Gasteiger partial charge in [-0.2, -0.15) is 0 Å². The van der Waals surface area contributed by atoms with Crippen molar-refractivity contribution in [1.29, 1.82) is 0 Å². The first-order chi connectivity index (χ1) is 9.00. The largest absolute Gasteiger partial charge is 0.361 e. The van der Waals surface area contributed by atoms with Gasteiger partial charge in [0.15, 0.2) is 0 Å². The molecule has 100 valence electrons. The monoisotopic (exact) mass is 326 g/mol. The molecule has 0 unspecified atom stereocenters. The van der Waals surface area contributed by atoms with Crippen molar-refractivity contribution in [3.05, 3.63) is 51.1 Å². The minimum Gasteiger partial charge on any atom is -0.361 e. The second kappa shape index (κ2) is 5.52. The highest BCUT2D eigenvalue weighted by Gasteiger charge is 2.15. The lowest BCUT2D eigenvalue weighted by Gasteiger charge is -2.07. The summed E-state index contributed by atoms with van der Waals surface area (Å²) >= 11 is 3.06. The van der Waals surface area contributed by atoms with Gasteiger partial charge < -0.3 is 9.84 Å². The van der Waals surface area contributed by atoms with Gasteiger partial charge in [-0.05, 0) is 41.9 Å². The predicted molar refractivity (Wildman–Crippen MR) is 71.2 cm³/mol. The van der Waals surface area contributed by atoms with Gasteiger partial charge >= 0.3 is 0 Å². The van der Waals surface area contributed by atoms with Gasteiger partial charge in [0.05, 0.1) is 15.7 Å². The van der Waals surface area contributed by atoms with Crippen molar-refractivity contribution in [1.82, 2.24) is 10.5 Å². The van der Waals surface area contributed by atoms with Crippen molar-refractivity contribution in [2.24, 2.45) is 0 Å². The van der Waals surface area contributed by atoms with Gasteiger partial charge in [0.2, 0.25) is 0 Å². The van der Waals surface area contributed by atoms with Crippen LogP contribution >= 0.6 is 15.9 Å². The van der Waals surface area contributed by atoms with Crippen molar-refractivity contribution >= 4 is 21.8 Å². The van der Waals surface area contributed by atoms with E-state index in [0.29, 0.717) is 12.3 Å². The zero-order valence-corrected chi connectivity index (χ0v) is 12.0. The zero-order valence-electron chi connectivity index (χ0n) is 10.5. The molecule has 2 rings (SSSR count). The molecule has 0 aliphatic rings. The molecule has 4 nitrogen and oxygen atoms in total. The Labute approximate surface area is 118 Å². The third kappa shape index (κ3) is 2.84. The van der Waals surface area contributed by atoms with Crippen LogP contribution in [0, 0.1) is 19.7 Å². The summed E-state index contributed by atoms with van der Waals surface area (Å²) in [6.07, 6.45) is 0. The smallest absolute Gasteiger partial charge is 0.252 e. The molecular weight excluding hydrogens is 315 g/mol. The summed E-state index contributed by atoms with van der Waals surface area (Å²) in [4.78, 5) is 12.0. The molecule has 0 aliphatic carbocycles. The Morgan fingerprint density at radius 1 is 1.47 bits per heavy atom. The van der Waals surface area contributed by atoms with E-state index < -0.39 is 5.82 Å². The van der Waals surface area contributed by atoms with Crippen molar-refractivity contribution < 1.29 is 13.7 Å². The number of carbonyl (C=O) groups excluding carboxylic acids is 1. The molecular formula is C13H12BrFN2O2. The fourth-order valence-electron chi connectivity index (χ4n) is 1.70. The van der Waals surface area contributed by atoms with Gasteiger partial charge in [-0.1, -0.05) is 11.2 Å². The number of aromatic nitrogens is 1. The standard InChI is InChI=1S/C13H12BrFN2O2/c1-7-10(8(2)19-17-7)6-16-13(18)9-4-3-5-11(15)12(9)14/h3-5H,6H2,1-2H3,(H,16,18). The number of carbonyl (C=O) groups is 1. The lowest BCUT2D eigenvalue weighted by molar-refractivity contribution is 0.0949. The first-order valence-electron chi connectivity index (χ1n) is 5.64. The maximum absolute atomic E-state index is 13.3. The van der Waals surface area contributed by atoms with Crippen LogP contribution < -0.4 is 5.32 Å². The van der Waals surface area contributed by atoms with Crippen LogP contribution in [0.3, 0.4) is 0 Å². The molecule has 0 atom stereocenters. The second-order valence-electron chi connectivity index (χ2n) is 4.09. The van der Waals surface area contributed by atoms with E-state index in [0.717, 1.165) is 11.3 Å². The van der Waals surface area contributed by atoms with E-state index in [1.54, 1.807) is 19.9 Å². The molecule has 1 heterocycles. The molecule has 1 amide bonds. The Hall–Kier alpha value is -1.69. The van der Waals surface area contributed by atoms with Gasteiger partial charge in [-0.25, -0.2) is 4.39 Å². The molecule has 0 saturated heterocycles. The molecule has 0 spiro atoms. The molecule has 0 saturated carbocycles. The number of aryl methyl sites for hydroxylation is 2. The van der Waals surface area contributed by atoms with Crippen molar-refractivity contribution in [2.75, 3.05) is 0 Å². The number of hydrogen-bond acceptors (Lipinski definition) is 3. The van der Waals surface area contributed by atoms with Crippen LogP contribution in [-0.4, -0.2) is 11.1 Å². The Balaban J connectivity index is 2.12. The van der Waals surface area contributed by atoms with Gasteiger partial charge in [-0.15, -0.1) is 0 Å². The summed E-state index contributed by atoms with van der Waals surface area (Å²) in [5, 5.41) is 6.52. The average Bonchev–Trinajstić information content (AvgIpc) is 2.70. The fraction of sp³-hybridized carbons (Fsp3) is 0.231. The summed E-state index contributed by atoms with van der Waals surface area (Å²) in [5.74, 6) is -0.160. The van der Waals surface area contributed by atoms with Crippen molar-refractivity contribution in [2.45, 2.75) is 20.4 Å². The Morgan fingerprint density at radius 3 is 2.84 bits per heavy atom. The van der Waals surface area contributed by atoms with E-state index in [9.17, 15) is 9.18 Å². The first-order valence-corrected chi connectivity index (χ1v) is 6.44. The third-order valence-electron chi connectivity index (χ3n) is 2.80. The topological polar surface area (TPSA) is 55.1 Å². The van der Waals surface area contributed by atoms with E-state index in [2.05, 4.69) is 26.4 Å². The van der Waals surface area contributed by atoms with E-state index in [1.165, 1.54) is 12.1 Å². The normalized spacial score (nSPS) is 10.5. The Morgan fingerprint density at radius 2 is 2.21 bits per heavy atom. The van der Waals surface area contributed by atoms with E-state index in [-0.39, 0.29) is 15.9 Å². The van der Waals surface area contributed by atoms with Crippen LogP contribution in [-0.2, 0) is 6.54 Å². The van der Waals surface area contributed by atoms with Crippen LogP contribution in [0.15, 0.2) is 27.2 Å². The van der Waals surface area contributed by atoms with Crippen molar-refractivity contribution in [3.63, 3.8) is 0 Å². The van der Waals surface area contributed by atoms with Crippen LogP contribution in [0.4, 0.5) is 4.39 Å². The van der Waals surface area contributed by atoms with E-state index >= 15 is 0 Å². The lowest BCUT2D eigenvalue weighted by atomic mass is 10.2. The Kier molecular flexibility index (Phi) is 3.99. The number of hydrogen-bond donors (Lipinski definition) is 1. The maximum atomic E-state index is 13.3. The van der Waals surface area contributed by atoms with Crippen LogP contribution in [0.1, 0.15) is 27.4 Å². The van der Waals surface area contributed by atoms with E-state index in [4.69, 9.17) is 4.52 Å². The summed E-state index contributed by atoms with van der Waals surface area (Å²) in [5.41, 5.74) is 1.82. The predicted octanol–water partition coefficient (Wildman–Crippen LogP) is 3.12. The third-order valence-corrected chi connectivity index (χ3v) is 3.61. The highest BCUT2D eigenvalue weighted by Crippen LogP contribution is 2.20. The molecule has 19 heavy (non-hydrogen) atoms. The molecule has 1 N–H and O–H groups in total. The van der Waals surface area contributed by atoms with E-state index in [1.807, 2.05) is 0 Å². The van der Waals surface area contributed by atoms with Crippen LogP contribution in [0.2, 0.25) is 0 Å². The van der Waals surface area contributed by atoms with Gasteiger partial charge in [0.1, 0.15) is 11.6 Å². The first kappa shape index (κ1) is 13.7. The molecule has 2 aromatic rings. The molecule has 1 aromatic carbocycles. The quantitative estimate of drug-likeness (QED) is 0.942. The molecule has 1 aromatic heterocycles. The molecule has 0 fully saturated rings. The minimum absolute atomic E-state index is 0.159. The van der Waals surface area contributed by atoms with Gasteiger partial charge in [0.25, 0.3) is 5.91 Å². The number of nitrogens with one attached hydrogen (secondary N) is 1. The number of amides is 1. The van der Waals surface area contributed by atoms with Crippen LogP contribution in [0.5, 0.6) is 0 Å². The molecule has 0 radical (unpaired) electrons. The fourth-order valence-corrected chi connectivity index (χ4v) is 2.14. The number of halogens is 2. The van der Waals surface area contributed by atoms with Gasteiger partial charge in [0, 0.05) is 12.1 Å². The zero-order chi connectivity index (χ0) is 14.0. The summed E-state index contributed by atoms with van der Waals surface area (Å²) in [7, 11) is 0. The summed E-state index contributed by atoms with van der Waals surface area (Å²) < 4.78 is 18.5. The second-order valence-corrected chi connectivity index (χ2v) is 4.88. The highest BCUT2D eigenvalue weighted by molar-refractivity contribution is 9.10. The average molecular weight is 327 g/mol. The number of benzene rings is 1. The molecule has 6 heteroatoms. The molecule has 0 aliphatic heterocycles. The summed E-state index contributed by atoms with van der Waals surface area (Å²) in [6, 6.07) is 4.33. The van der Waals surface area contributed by atoms with Crippen LogP contribution in [0.25, 0.3) is 0 Å². The summed E-state index contributed by atoms with van der Waals surface area (Å²) in [6.45, 7) is 3.87. The lowest BCUT2D eigenvalue weighted by Crippen LogP contribution is -2.23. The minimum atomic E-state index is -0.468. The van der Waals surface area contributed by atoms with Gasteiger partial charge in [-0.3, -0.25) is 4.79 Å².